The van der Waals surface area contributed by atoms with Crippen molar-refractivity contribution in [1.82, 2.24) is 14.9 Å². The van der Waals surface area contributed by atoms with Gasteiger partial charge in [-0.25, -0.2) is 9.97 Å². The van der Waals surface area contributed by atoms with E-state index >= 15 is 0 Å². The fourth-order valence-electron chi connectivity index (χ4n) is 5.62. The molecule has 0 saturated heterocycles. The molecule has 6 nitrogen and oxygen atoms in total. The van der Waals surface area contributed by atoms with Gasteiger partial charge in [-0.2, -0.15) is 0 Å². The predicted molar refractivity (Wildman–Crippen MR) is 187 cm³/mol. The lowest BCUT2D eigenvalue weighted by atomic mass is 9.71. The minimum absolute atomic E-state index is 0.404. The molecule has 0 aliphatic rings. The van der Waals surface area contributed by atoms with E-state index in [1.165, 1.54) is 0 Å². The molecule has 0 saturated carbocycles. The molecule has 0 bridgehead atoms. The number of fused-ring (bicyclic) bond motifs is 2. The number of ether oxygens (including phenoxy) is 2. The second-order valence-electron chi connectivity index (χ2n) is 11.4. The fourth-order valence-corrected chi connectivity index (χ4v) is 5.89. The average Bonchev–Trinajstić information content (AvgIpc) is 3.04. The molecule has 0 amide bonds. The topological polar surface area (TPSA) is 67.7 Å². The van der Waals surface area contributed by atoms with Gasteiger partial charge in [0.1, 0.15) is 5.60 Å². The summed E-state index contributed by atoms with van der Waals surface area (Å²) < 4.78 is 13.7. The monoisotopic (exact) mass is 665 g/mol. The van der Waals surface area contributed by atoms with E-state index in [4.69, 9.17) is 19.4 Å². The van der Waals surface area contributed by atoms with E-state index < -0.39 is 11.5 Å². The Kier molecular flexibility index (Phi) is 10.7. The van der Waals surface area contributed by atoms with Gasteiger partial charge in [0, 0.05) is 32.9 Å². The SMILES string of the molecule is C=CCCOc1nc2ccccc2cc1C(c1cc2ccccc2nc1OCCC=C)C(O)(CCN(C)C)c1ccc(Br)cc1. The molecular formula is C38H40BrN3O3. The molecule has 45 heavy (non-hydrogen) atoms. The van der Waals surface area contributed by atoms with E-state index in [0.717, 1.165) is 43.0 Å². The fraction of sp³-hybridized carbons (Fsp3) is 0.263. The Morgan fingerprint density at radius 3 is 1.76 bits per heavy atom. The summed E-state index contributed by atoms with van der Waals surface area (Å²) in [7, 11) is 4.03. The van der Waals surface area contributed by atoms with Crippen LogP contribution in [0.3, 0.4) is 0 Å². The smallest absolute Gasteiger partial charge is 0.217 e. The van der Waals surface area contributed by atoms with Crippen LogP contribution in [-0.4, -0.2) is 53.8 Å². The second kappa shape index (κ2) is 14.8. The predicted octanol–water partition coefficient (Wildman–Crippen LogP) is 8.43. The van der Waals surface area contributed by atoms with E-state index in [1.54, 1.807) is 0 Å². The highest BCUT2D eigenvalue weighted by atomic mass is 79.9. The molecule has 1 atom stereocenters. The van der Waals surface area contributed by atoms with Gasteiger partial charge in [0.15, 0.2) is 0 Å². The maximum atomic E-state index is 13.3. The number of aliphatic hydroxyl groups is 1. The number of hydrogen-bond acceptors (Lipinski definition) is 6. The maximum Gasteiger partial charge on any atom is 0.217 e. The molecule has 7 heteroatoms. The Bertz CT molecular complexity index is 1680. The number of pyridine rings is 2. The van der Waals surface area contributed by atoms with Gasteiger partial charge in [-0.15, -0.1) is 13.2 Å². The molecule has 0 spiro atoms. The van der Waals surface area contributed by atoms with E-state index in [-0.39, 0.29) is 0 Å². The zero-order valence-electron chi connectivity index (χ0n) is 26.0. The molecule has 0 fully saturated rings. The molecule has 232 valence electrons. The van der Waals surface area contributed by atoms with E-state index in [2.05, 4.69) is 46.1 Å². The molecule has 1 unspecified atom stereocenters. The molecule has 0 aliphatic carbocycles. The lowest BCUT2D eigenvalue weighted by molar-refractivity contribution is 0.00281. The first-order valence-corrected chi connectivity index (χ1v) is 16.0. The van der Waals surface area contributed by atoms with E-state index in [0.29, 0.717) is 50.8 Å². The first kappa shape index (κ1) is 32.4. The highest BCUT2D eigenvalue weighted by Gasteiger charge is 2.44. The van der Waals surface area contributed by atoms with Crippen LogP contribution >= 0.6 is 15.9 Å². The Morgan fingerprint density at radius 2 is 1.29 bits per heavy atom. The number of rotatable bonds is 15. The Balaban J connectivity index is 1.86. The summed E-state index contributed by atoms with van der Waals surface area (Å²) in [5.74, 6) is 0.266. The summed E-state index contributed by atoms with van der Waals surface area (Å²) >= 11 is 3.58. The van der Waals surface area contributed by atoms with Crippen LogP contribution in [0.25, 0.3) is 21.8 Å². The van der Waals surface area contributed by atoms with Gasteiger partial charge < -0.3 is 19.5 Å². The average molecular weight is 667 g/mol. The van der Waals surface area contributed by atoms with Crippen LogP contribution < -0.4 is 9.47 Å². The van der Waals surface area contributed by atoms with Gasteiger partial charge in [-0.05, 0) is 75.3 Å². The summed E-state index contributed by atoms with van der Waals surface area (Å²) in [6.45, 7) is 9.18. The number of hydrogen-bond donors (Lipinski definition) is 1. The highest BCUT2D eigenvalue weighted by molar-refractivity contribution is 9.10. The van der Waals surface area contributed by atoms with Crippen molar-refractivity contribution in [1.29, 1.82) is 0 Å². The van der Waals surface area contributed by atoms with Gasteiger partial charge in [-0.3, -0.25) is 0 Å². The van der Waals surface area contributed by atoms with Crippen molar-refractivity contribution in [3.8, 4) is 11.8 Å². The van der Waals surface area contributed by atoms with Crippen molar-refractivity contribution in [2.24, 2.45) is 0 Å². The molecule has 0 radical (unpaired) electrons. The summed E-state index contributed by atoms with van der Waals surface area (Å²) in [6.07, 6.45) is 5.38. The van der Waals surface area contributed by atoms with Gasteiger partial charge in [0.2, 0.25) is 11.8 Å². The number of benzene rings is 3. The zero-order chi connectivity index (χ0) is 31.8. The van der Waals surface area contributed by atoms with Gasteiger partial charge in [-0.1, -0.05) is 76.6 Å². The normalized spacial score (nSPS) is 12.8. The van der Waals surface area contributed by atoms with Crippen LogP contribution in [0.4, 0.5) is 0 Å². The van der Waals surface area contributed by atoms with Crippen molar-refractivity contribution >= 4 is 37.7 Å². The Labute approximate surface area is 274 Å². The third-order valence-electron chi connectivity index (χ3n) is 7.94. The Hall–Kier alpha value is -4.04. The zero-order valence-corrected chi connectivity index (χ0v) is 27.5. The van der Waals surface area contributed by atoms with Crippen LogP contribution in [0.2, 0.25) is 0 Å². The van der Waals surface area contributed by atoms with Crippen molar-refractivity contribution < 1.29 is 14.6 Å². The molecule has 5 aromatic rings. The number of para-hydroxylation sites is 2. The quantitative estimate of drug-likeness (QED) is 0.0894. The molecule has 0 aliphatic heterocycles. The number of nitrogens with zero attached hydrogens (tertiary/aromatic N) is 3. The minimum Gasteiger partial charge on any atom is -0.477 e. The highest BCUT2D eigenvalue weighted by Crippen LogP contribution is 2.50. The number of aromatic nitrogens is 2. The molecule has 3 aromatic carbocycles. The summed E-state index contributed by atoms with van der Waals surface area (Å²) in [5, 5.41) is 15.2. The molecule has 5 rings (SSSR count). The van der Waals surface area contributed by atoms with Crippen molar-refractivity contribution in [2.45, 2.75) is 30.8 Å². The van der Waals surface area contributed by atoms with Crippen molar-refractivity contribution in [3.05, 3.63) is 131 Å². The van der Waals surface area contributed by atoms with Crippen LogP contribution in [0.5, 0.6) is 11.8 Å². The molecule has 2 heterocycles. The summed E-state index contributed by atoms with van der Waals surface area (Å²) in [4.78, 5) is 12.1. The van der Waals surface area contributed by atoms with Crippen LogP contribution in [0.1, 0.15) is 41.9 Å². The third-order valence-corrected chi connectivity index (χ3v) is 8.47. The van der Waals surface area contributed by atoms with Crippen LogP contribution in [-0.2, 0) is 5.60 Å². The first-order valence-electron chi connectivity index (χ1n) is 15.2. The van der Waals surface area contributed by atoms with Crippen LogP contribution in [0, 0.1) is 0 Å². The van der Waals surface area contributed by atoms with Gasteiger partial charge >= 0.3 is 0 Å². The third kappa shape index (κ3) is 7.44. The van der Waals surface area contributed by atoms with Gasteiger partial charge in [0.05, 0.1) is 30.2 Å². The van der Waals surface area contributed by atoms with E-state index in [9.17, 15) is 5.11 Å². The van der Waals surface area contributed by atoms with Gasteiger partial charge in [0.25, 0.3) is 0 Å². The van der Waals surface area contributed by atoms with Crippen LogP contribution in [0.15, 0.2) is 115 Å². The minimum atomic E-state index is -1.41. The second-order valence-corrected chi connectivity index (χ2v) is 12.3. The lowest BCUT2D eigenvalue weighted by Gasteiger charge is -2.39. The Morgan fingerprint density at radius 1 is 0.800 bits per heavy atom. The lowest BCUT2D eigenvalue weighted by Crippen LogP contribution is -2.38. The first-order chi connectivity index (χ1) is 21.8. The molecule has 2 aromatic heterocycles. The van der Waals surface area contributed by atoms with Crippen molar-refractivity contribution in [3.63, 3.8) is 0 Å². The van der Waals surface area contributed by atoms with Crippen molar-refractivity contribution in [2.75, 3.05) is 33.9 Å². The molecular weight excluding hydrogens is 626 g/mol. The molecule has 1 N–H and O–H groups in total. The summed E-state index contributed by atoms with van der Waals surface area (Å²) in [5.41, 5.74) is 2.50. The van der Waals surface area contributed by atoms with E-state index in [1.807, 2.05) is 99.0 Å². The number of halogens is 1. The summed E-state index contributed by atoms with van der Waals surface area (Å²) in [6, 6.07) is 28.0. The maximum absolute atomic E-state index is 13.3. The largest absolute Gasteiger partial charge is 0.477 e. The standard InChI is InChI=1S/C38H40BrN3O3/c1-5-7-23-44-36-31(25-27-13-9-11-15-33(27)40-36)35(38(43,21-22-42(3)4)29-17-19-30(39)20-18-29)32-26-28-14-10-12-16-34(28)41-37(32)45-24-8-6-2/h5-6,9-20,25-26,35,43H,1-2,7-8,21-24H2,3-4H3.